The van der Waals surface area contributed by atoms with Gasteiger partial charge in [-0.15, -0.1) is 0 Å². The Morgan fingerprint density at radius 2 is 1.74 bits per heavy atom. The quantitative estimate of drug-likeness (QED) is 0.436. The van der Waals surface area contributed by atoms with Crippen LogP contribution in [-0.4, -0.2) is 21.7 Å². The monoisotopic (exact) mass is 380 g/mol. The van der Waals surface area contributed by atoms with Gasteiger partial charge in [-0.1, -0.05) is 34.1 Å². The van der Waals surface area contributed by atoms with Crippen molar-refractivity contribution >= 4 is 5.97 Å². The fourth-order valence-corrected chi connectivity index (χ4v) is 3.28. The van der Waals surface area contributed by atoms with Gasteiger partial charge < -0.3 is 9.30 Å². The van der Waals surface area contributed by atoms with Crippen molar-refractivity contribution in [3.63, 3.8) is 0 Å². The van der Waals surface area contributed by atoms with Crippen LogP contribution in [0.3, 0.4) is 0 Å². The van der Waals surface area contributed by atoms with Gasteiger partial charge in [0.15, 0.2) is 0 Å². The van der Waals surface area contributed by atoms with Gasteiger partial charge in [0.1, 0.15) is 0 Å². The number of hydrogen-bond donors (Lipinski definition) is 0. The SMILES string of the molecule is CC(C)CC(C)(C(=O)OCCCCCCn1c(=O)ccn(C)c1=O)C(C)C. The summed E-state index contributed by atoms with van der Waals surface area (Å²) in [5, 5.41) is 0. The minimum absolute atomic E-state index is 0.106. The average molecular weight is 381 g/mol. The molecule has 1 unspecified atom stereocenters. The van der Waals surface area contributed by atoms with E-state index in [1.54, 1.807) is 7.05 Å². The number of aryl methyl sites for hydroxylation is 1. The summed E-state index contributed by atoms with van der Waals surface area (Å²) < 4.78 is 8.21. The maximum absolute atomic E-state index is 12.5. The highest BCUT2D eigenvalue weighted by atomic mass is 16.5. The molecule has 27 heavy (non-hydrogen) atoms. The summed E-state index contributed by atoms with van der Waals surface area (Å²) >= 11 is 0. The van der Waals surface area contributed by atoms with Crippen molar-refractivity contribution in [1.82, 2.24) is 9.13 Å². The first-order chi connectivity index (χ1) is 12.6. The summed E-state index contributed by atoms with van der Waals surface area (Å²) in [6, 6.07) is 1.41. The molecular weight excluding hydrogens is 344 g/mol. The third kappa shape index (κ3) is 6.67. The molecule has 1 rings (SSSR count). The number of ether oxygens (including phenoxy) is 1. The standard InChI is InChI=1S/C21H36N2O4/c1-16(2)15-21(5,17(3)4)19(25)27-14-10-8-7-9-12-23-18(24)11-13-22(6)20(23)26/h11,13,16-17H,7-10,12,14-15H2,1-6H3. The average Bonchev–Trinajstić information content (AvgIpc) is 2.58. The molecule has 0 radical (unpaired) electrons. The van der Waals surface area contributed by atoms with Crippen LogP contribution in [0.1, 0.15) is 66.7 Å². The van der Waals surface area contributed by atoms with Crippen molar-refractivity contribution in [3.05, 3.63) is 33.1 Å². The number of esters is 1. The molecule has 0 aliphatic rings. The fourth-order valence-electron chi connectivity index (χ4n) is 3.28. The predicted molar refractivity (Wildman–Crippen MR) is 108 cm³/mol. The smallest absolute Gasteiger partial charge is 0.330 e. The van der Waals surface area contributed by atoms with Crippen LogP contribution in [0.4, 0.5) is 0 Å². The second kappa shape index (κ2) is 10.5. The first-order valence-electron chi connectivity index (χ1n) is 10.0. The molecule has 6 nitrogen and oxygen atoms in total. The van der Waals surface area contributed by atoms with Gasteiger partial charge in [0.05, 0.1) is 12.0 Å². The molecule has 0 saturated carbocycles. The summed E-state index contributed by atoms with van der Waals surface area (Å²) in [4.78, 5) is 36.2. The van der Waals surface area contributed by atoms with E-state index in [9.17, 15) is 14.4 Å². The van der Waals surface area contributed by atoms with E-state index < -0.39 is 5.41 Å². The molecule has 1 atom stereocenters. The van der Waals surface area contributed by atoms with Gasteiger partial charge in [-0.2, -0.15) is 0 Å². The third-order valence-electron chi connectivity index (χ3n) is 5.32. The van der Waals surface area contributed by atoms with E-state index in [-0.39, 0.29) is 23.1 Å². The van der Waals surface area contributed by atoms with Crippen LogP contribution in [0, 0.1) is 17.3 Å². The molecule has 1 aromatic heterocycles. The van der Waals surface area contributed by atoms with Gasteiger partial charge in [0.2, 0.25) is 0 Å². The molecule has 6 heteroatoms. The Hall–Kier alpha value is -1.85. The Balaban J connectivity index is 2.35. The van der Waals surface area contributed by atoms with Crippen molar-refractivity contribution < 1.29 is 9.53 Å². The van der Waals surface area contributed by atoms with Gasteiger partial charge in [0, 0.05) is 25.9 Å². The molecule has 0 amide bonds. The van der Waals surface area contributed by atoms with Crippen molar-refractivity contribution in [1.29, 1.82) is 0 Å². The molecule has 0 fully saturated rings. The number of hydrogen-bond acceptors (Lipinski definition) is 4. The zero-order valence-corrected chi connectivity index (χ0v) is 17.8. The summed E-state index contributed by atoms with van der Waals surface area (Å²) in [7, 11) is 1.64. The predicted octanol–water partition coefficient (Wildman–Crippen LogP) is 3.36. The largest absolute Gasteiger partial charge is 0.465 e. The highest BCUT2D eigenvalue weighted by Gasteiger charge is 2.38. The highest BCUT2D eigenvalue weighted by Crippen LogP contribution is 2.35. The molecule has 0 saturated heterocycles. The lowest BCUT2D eigenvalue weighted by atomic mass is 9.73. The minimum Gasteiger partial charge on any atom is -0.465 e. The van der Waals surface area contributed by atoms with E-state index in [0.717, 1.165) is 32.1 Å². The zero-order chi connectivity index (χ0) is 20.6. The van der Waals surface area contributed by atoms with E-state index in [1.165, 1.54) is 21.4 Å². The molecule has 0 aliphatic carbocycles. The van der Waals surface area contributed by atoms with E-state index in [1.807, 2.05) is 6.92 Å². The summed E-state index contributed by atoms with van der Waals surface area (Å²) in [5.74, 6) is 0.573. The van der Waals surface area contributed by atoms with Crippen LogP contribution in [0.5, 0.6) is 0 Å². The fraction of sp³-hybridized carbons (Fsp3) is 0.762. The van der Waals surface area contributed by atoms with Gasteiger partial charge in [-0.3, -0.25) is 14.2 Å². The number of carbonyl (C=O) groups is 1. The maximum Gasteiger partial charge on any atom is 0.330 e. The molecule has 1 heterocycles. The van der Waals surface area contributed by atoms with Crippen molar-refractivity contribution in [2.45, 2.75) is 73.3 Å². The topological polar surface area (TPSA) is 70.3 Å². The van der Waals surface area contributed by atoms with E-state index in [2.05, 4.69) is 27.7 Å². The van der Waals surface area contributed by atoms with Crippen LogP contribution >= 0.6 is 0 Å². The molecule has 1 aromatic rings. The van der Waals surface area contributed by atoms with Crippen molar-refractivity contribution in [2.75, 3.05) is 6.61 Å². The first-order valence-corrected chi connectivity index (χ1v) is 10.0. The van der Waals surface area contributed by atoms with E-state index in [4.69, 9.17) is 4.74 Å². The lowest BCUT2D eigenvalue weighted by Gasteiger charge is -2.32. The Kier molecular flexibility index (Phi) is 9.00. The Morgan fingerprint density at radius 3 is 2.33 bits per heavy atom. The normalized spacial score (nSPS) is 13.8. The number of carbonyl (C=O) groups excluding carboxylic acids is 1. The Labute approximate surface area is 162 Å². The molecule has 0 aromatic carbocycles. The van der Waals surface area contributed by atoms with Crippen LogP contribution in [0.15, 0.2) is 21.9 Å². The first kappa shape index (κ1) is 23.2. The number of aromatic nitrogens is 2. The van der Waals surface area contributed by atoms with Gasteiger partial charge >= 0.3 is 11.7 Å². The van der Waals surface area contributed by atoms with Gasteiger partial charge in [0.25, 0.3) is 5.56 Å². The molecule has 0 aliphatic heterocycles. The van der Waals surface area contributed by atoms with Gasteiger partial charge in [-0.05, 0) is 44.4 Å². The number of rotatable bonds is 11. The molecule has 154 valence electrons. The highest BCUT2D eigenvalue weighted by molar-refractivity contribution is 5.76. The Morgan fingerprint density at radius 1 is 1.11 bits per heavy atom. The zero-order valence-electron chi connectivity index (χ0n) is 17.8. The van der Waals surface area contributed by atoms with E-state index >= 15 is 0 Å². The van der Waals surface area contributed by atoms with Gasteiger partial charge in [-0.25, -0.2) is 4.79 Å². The lowest BCUT2D eigenvalue weighted by molar-refractivity contribution is -0.159. The molecular formula is C21H36N2O4. The molecule has 0 spiro atoms. The number of unbranched alkanes of at least 4 members (excludes halogenated alkanes) is 3. The van der Waals surface area contributed by atoms with E-state index in [0.29, 0.717) is 19.1 Å². The van der Waals surface area contributed by atoms with Crippen molar-refractivity contribution in [3.8, 4) is 0 Å². The number of nitrogens with zero attached hydrogens (tertiary/aromatic N) is 2. The molecule has 0 N–H and O–H groups in total. The van der Waals surface area contributed by atoms with Crippen molar-refractivity contribution in [2.24, 2.45) is 24.3 Å². The second-order valence-corrected chi connectivity index (χ2v) is 8.42. The Bertz CT molecular complexity index is 718. The maximum atomic E-state index is 12.5. The van der Waals surface area contributed by atoms with Crippen LogP contribution in [0.25, 0.3) is 0 Å². The summed E-state index contributed by atoms with van der Waals surface area (Å²) in [6.07, 6.45) is 5.64. The molecule has 0 bridgehead atoms. The van der Waals surface area contributed by atoms with Crippen LogP contribution in [-0.2, 0) is 23.1 Å². The third-order valence-corrected chi connectivity index (χ3v) is 5.32. The van der Waals surface area contributed by atoms with Crippen LogP contribution in [0.2, 0.25) is 0 Å². The minimum atomic E-state index is -0.442. The summed E-state index contributed by atoms with van der Waals surface area (Å²) in [6.45, 7) is 11.2. The summed E-state index contributed by atoms with van der Waals surface area (Å²) in [5.41, 5.74) is -0.984. The van der Waals surface area contributed by atoms with Crippen LogP contribution < -0.4 is 11.2 Å². The second-order valence-electron chi connectivity index (χ2n) is 8.42. The lowest BCUT2D eigenvalue weighted by Crippen LogP contribution is -2.37.